The molecule has 4 N–H and O–H groups in total. The average Bonchev–Trinajstić information content (AvgIpc) is 2.28. The number of hydrogen-bond acceptors (Lipinski definition) is 4. The van der Waals surface area contributed by atoms with Crippen molar-refractivity contribution < 1.29 is 9.90 Å². The zero-order valence-corrected chi connectivity index (χ0v) is 9.96. The summed E-state index contributed by atoms with van der Waals surface area (Å²) in [5.41, 5.74) is 6.89. The van der Waals surface area contributed by atoms with E-state index in [1.807, 2.05) is 12.1 Å². The average molecular weight is 240 g/mol. The van der Waals surface area contributed by atoms with Crippen LogP contribution in [-0.4, -0.2) is 28.6 Å². The molecule has 0 fully saturated rings. The first-order chi connectivity index (χ1) is 7.65. The zero-order valence-electron chi connectivity index (χ0n) is 9.14. The molecule has 4 nitrogen and oxygen atoms in total. The van der Waals surface area contributed by atoms with Crippen LogP contribution in [0.5, 0.6) is 0 Å². The first-order valence-electron chi connectivity index (χ1n) is 5.03. The maximum Gasteiger partial charge on any atom is 0.237 e. The molecule has 0 aromatic heterocycles. The van der Waals surface area contributed by atoms with Crippen molar-refractivity contribution in [2.24, 2.45) is 0 Å². The summed E-state index contributed by atoms with van der Waals surface area (Å²) in [5.74, 6) is 0.454. The van der Waals surface area contributed by atoms with Gasteiger partial charge >= 0.3 is 0 Å². The van der Waals surface area contributed by atoms with Crippen LogP contribution in [0.1, 0.15) is 6.92 Å². The van der Waals surface area contributed by atoms with E-state index in [1.165, 1.54) is 11.8 Å². The highest BCUT2D eigenvalue weighted by Crippen LogP contribution is 2.19. The summed E-state index contributed by atoms with van der Waals surface area (Å²) in [7, 11) is 0. The minimum atomic E-state index is -0.202. The monoisotopic (exact) mass is 240 g/mol. The SMILES string of the molecule is CC(SCCO)C(=O)Nc1ccccc1N. The van der Waals surface area contributed by atoms with E-state index >= 15 is 0 Å². The smallest absolute Gasteiger partial charge is 0.237 e. The lowest BCUT2D eigenvalue weighted by Crippen LogP contribution is -2.23. The molecular weight excluding hydrogens is 224 g/mol. The van der Waals surface area contributed by atoms with Gasteiger partial charge in [0.1, 0.15) is 0 Å². The summed E-state index contributed by atoms with van der Waals surface area (Å²) in [6, 6.07) is 7.13. The second-order valence-corrected chi connectivity index (χ2v) is 4.76. The van der Waals surface area contributed by atoms with Gasteiger partial charge in [0.15, 0.2) is 0 Å². The van der Waals surface area contributed by atoms with Gasteiger partial charge in [-0.1, -0.05) is 12.1 Å². The Morgan fingerprint density at radius 3 is 2.88 bits per heavy atom. The van der Waals surface area contributed by atoms with Gasteiger partial charge in [-0.15, -0.1) is 11.8 Å². The lowest BCUT2D eigenvalue weighted by Gasteiger charge is -2.12. The Hall–Kier alpha value is -1.20. The van der Waals surface area contributed by atoms with E-state index in [2.05, 4.69) is 5.32 Å². The fourth-order valence-electron chi connectivity index (χ4n) is 1.15. The van der Waals surface area contributed by atoms with Crippen molar-refractivity contribution >= 4 is 29.0 Å². The summed E-state index contributed by atoms with van der Waals surface area (Å²) in [4.78, 5) is 11.7. The number of amides is 1. The Bertz CT molecular complexity index is 358. The molecule has 0 saturated carbocycles. The molecule has 1 aromatic rings. The van der Waals surface area contributed by atoms with Crippen LogP contribution < -0.4 is 11.1 Å². The van der Waals surface area contributed by atoms with Crippen LogP contribution in [-0.2, 0) is 4.79 Å². The molecule has 88 valence electrons. The minimum absolute atomic E-state index is 0.0791. The van der Waals surface area contributed by atoms with Crippen LogP contribution >= 0.6 is 11.8 Å². The minimum Gasteiger partial charge on any atom is -0.397 e. The molecule has 0 aliphatic heterocycles. The maximum absolute atomic E-state index is 11.7. The summed E-state index contributed by atoms with van der Waals surface area (Å²) in [6.07, 6.45) is 0. The van der Waals surface area contributed by atoms with Crippen LogP contribution in [0.15, 0.2) is 24.3 Å². The molecule has 0 spiro atoms. The van der Waals surface area contributed by atoms with E-state index in [9.17, 15) is 4.79 Å². The van der Waals surface area contributed by atoms with Gasteiger partial charge in [-0.25, -0.2) is 0 Å². The summed E-state index contributed by atoms with van der Waals surface area (Å²) in [5, 5.41) is 11.2. The molecule has 16 heavy (non-hydrogen) atoms. The Morgan fingerprint density at radius 1 is 1.56 bits per heavy atom. The van der Waals surface area contributed by atoms with Crippen molar-refractivity contribution in [2.75, 3.05) is 23.4 Å². The van der Waals surface area contributed by atoms with Crippen LogP contribution in [0.4, 0.5) is 11.4 Å². The van der Waals surface area contributed by atoms with Gasteiger partial charge < -0.3 is 16.2 Å². The number of aliphatic hydroxyl groups excluding tert-OH is 1. The molecule has 0 saturated heterocycles. The number of nitrogens with one attached hydrogen (secondary N) is 1. The number of nitrogens with two attached hydrogens (primary N) is 1. The number of hydrogen-bond donors (Lipinski definition) is 3. The summed E-state index contributed by atoms with van der Waals surface area (Å²) in [6.45, 7) is 1.88. The number of thioether (sulfide) groups is 1. The van der Waals surface area contributed by atoms with Gasteiger partial charge in [-0.05, 0) is 19.1 Å². The van der Waals surface area contributed by atoms with Gasteiger partial charge in [0.25, 0.3) is 0 Å². The van der Waals surface area contributed by atoms with E-state index < -0.39 is 0 Å². The van der Waals surface area contributed by atoms with Crippen LogP contribution in [0.2, 0.25) is 0 Å². The van der Waals surface area contributed by atoms with E-state index in [0.29, 0.717) is 17.1 Å². The van der Waals surface area contributed by atoms with Crippen molar-refractivity contribution in [2.45, 2.75) is 12.2 Å². The largest absolute Gasteiger partial charge is 0.397 e. The van der Waals surface area contributed by atoms with Gasteiger partial charge in [-0.3, -0.25) is 4.79 Å². The van der Waals surface area contributed by atoms with E-state index in [0.717, 1.165) is 0 Å². The molecule has 1 rings (SSSR count). The normalized spacial score (nSPS) is 12.1. The quantitative estimate of drug-likeness (QED) is 0.679. The molecule has 0 aliphatic rings. The van der Waals surface area contributed by atoms with Crippen molar-refractivity contribution in [3.8, 4) is 0 Å². The highest BCUT2D eigenvalue weighted by molar-refractivity contribution is 8.00. The zero-order chi connectivity index (χ0) is 12.0. The first-order valence-corrected chi connectivity index (χ1v) is 6.08. The summed E-state index contributed by atoms with van der Waals surface area (Å²) < 4.78 is 0. The predicted octanol–water partition coefficient (Wildman–Crippen LogP) is 1.32. The summed E-state index contributed by atoms with van der Waals surface area (Å²) >= 11 is 1.41. The Morgan fingerprint density at radius 2 is 2.25 bits per heavy atom. The van der Waals surface area contributed by atoms with Gasteiger partial charge in [0.05, 0.1) is 23.2 Å². The fraction of sp³-hybridized carbons (Fsp3) is 0.364. The lowest BCUT2D eigenvalue weighted by molar-refractivity contribution is -0.115. The number of aliphatic hydroxyl groups is 1. The van der Waals surface area contributed by atoms with Crippen LogP contribution in [0, 0.1) is 0 Å². The molecule has 0 radical (unpaired) electrons. The number of benzene rings is 1. The fourth-order valence-corrected chi connectivity index (χ4v) is 1.82. The molecule has 1 amide bonds. The number of rotatable bonds is 5. The Balaban J connectivity index is 2.54. The van der Waals surface area contributed by atoms with Gasteiger partial charge in [0, 0.05) is 5.75 Å². The van der Waals surface area contributed by atoms with Crippen molar-refractivity contribution in [3.05, 3.63) is 24.3 Å². The standard InChI is InChI=1S/C11H16N2O2S/c1-8(16-7-6-14)11(15)13-10-5-3-2-4-9(10)12/h2-5,8,14H,6-7,12H2,1H3,(H,13,15). The third-order valence-electron chi connectivity index (χ3n) is 2.05. The Labute approximate surface area is 99.2 Å². The van der Waals surface area contributed by atoms with E-state index in [4.69, 9.17) is 10.8 Å². The van der Waals surface area contributed by atoms with Crippen molar-refractivity contribution in [1.29, 1.82) is 0 Å². The second kappa shape index (κ2) is 6.40. The van der Waals surface area contributed by atoms with E-state index in [1.54, 1.807) is 19.1 Å². The van der Waals surface area contributed by atoms with Gasteiger partial charge in [0.2, 0.25) is 5.91 Å². The van der Waals surface area contributed by atoms with Crippen LogP contribution in [0.3, 0.4) is 0 Å². The molecule has 0 aliphatic carbocycles. The number of carbonyl (C=O) groups is 1. The molecule has 1 aromatic carbocycles. The molecule has 0 heterocycles. The van der Waals surface area contributed by atoms with Crippen LogP contribution in [0.25, 0.3) is 0 Å². The number of para-hydroxylation sites is 2. The Kier molecular flexibility index (Phi) is 5.14. The second-order valence-electron chi connectivity index (χ2n) is 3.31. The lowest BCUT2D eigenvalue weighted by atomic mass is 10.2. The topological polar surface area (TPSA) is 75.3 Å². The molecule has 1 atom stereocenters. The number of carbonyl (C=O) groups excluding carboxylic acids is 1. The third-order valence-corrected chi connectivity index (χ3v) is 3.18. The van der Waals surface area contributed by atoms with Gasteiger partial charge in [-0.2, -0.15) is 0 Å². The predicted molar refractivity (Wildman–Crippen MR) is 68.5 cm³/mol. The molecule has 1 unspecified atom stereocenters. The highest BCUT2D eigenvalue weighted by atomic mass is 32.2. The van der Waals surface area contributed by atoms with Crippen molar-refractivity contribution in [1.82, 2.24) is 0 Å². The molecule has 0 bridgehead atoms. The molecular formula is C11H16N2O2S. The highest BCUT2D eigenvalue weighted by Gasteiger charge is 2.13. The number of anilines is 2. The molecule has 5 heteroatoms. The van der Waals surface area contributed by atoms with E-state index in [-0.39, 0.29) is 17.8 Å². The number of nitrogen functional groups attached to an aromatic ring is 1. The first kappa shape index (κ1) is 12.9. The maximum atomic E-state index is 11.7. The third kappa shape index (κ3) is 3.75. The van der Waals surface area contributed by atoms with Crippen molar-refractivity contribution in [3.63, 3.8) is 0 Å².